The van der Waals surface area contributed by atoms with Crippen molar-refractivity contribution in [2.24, 2.45) is 0 Å². The zero-order chi connectivity index (χ0) is 17.8. The average molecular weight is 361 g/mol. The first kappa shape index (κ1) is 16.7. The minimum Gasteiger partial charge on any atom is -0.383 e. The molecule has 0 aliphatic carbocycles. The molecule has 1 N–H and O–H groups in total. The number of hydrogen-bond acceptors (Lipinski definition) is 5. The summed E-state index contributed by atoms with van der Waals surface area (Å²) in [7, 11) is 1.70. The highest BCUT2D eigenvalue weighted by Gasteiger charge is 2.13. The number of anilines is 1. The van der Waals surface area contributed by atoms with Crippen molar-refractivity contribution in [2.75, 3.05) is 25.6 Å². The molecular formula is C21H19N3OS. The van der Waals surface area contributed by atoms with Crippen molar-refractivity contribution >= 4 is 27.4 Å². The van der Waals surface area contributed by atoms with Gasteiger partial charge in [-0.1, -0.05) is 54.6 Å². The molecular weight excluding hydrogens is 342 g/mol. The summed E-state index contributed by atoms with van der Waals surface area (Å²) in [5.41, 5.74) is 4.76. The van der Waals surface area contributed by atoms with Gasteiger partial charge in [0.15, 0.2) is 0 Å². The van der Waals surface area contributed by atoms with Crippen molar-refractivity contribution in [3.8, 4) is 22.3 Å². The van der Waals surface area contributed by atoms with Crippen LogP contribution in [0.1, 0.15) is 0 Å². The first-order valence-corrected chi connectivity index (χ1v) is 9.35. The van der Waals surface area contributed by atoms with Gasteiger partial charge in [0.25, 0.3) is 0 Å². The summed E-state index contributed by atoms with van der Waals surface area (Å²) in [6.45, 7) is 1.35. The molecule has 4 rings (SSSR count). The lowest BCUT2D eigenvalue weighted by molar-refractivity contribution is 0.210. The molecule has 5 heteroatoms. The number of aromatic nitrogens is 2. The van der Waals surface area contributed by atoms with Gasteiger partial charge in [-0.3, -0.25) is 0 Å². The third-order valence-corrected chi connectivity index (χ3v) is 5.16. The molecule has 2 heterocycles. The van der Waals surface area contributed by atoms with Gasteiger partial charge in [0.05, 0.1) is 12.0 Å². The Morgan fingerprint density at radius 1 is 0.923 bits per heavy atom. The van der Waals surface area contributed by atoms with Crippen LogP contribution >= 0.6 is 11.3 Å². The average Bonchev–Trinajstić information content (AvgIpc) is 3.14. The Balaban J connectivity index is 1.70. The van der Waals surface area contributed by atoms with Crippen molar-refractivity contribution in [1.29, 1.82) is 0 Å². The summed E-state index contributed by atoms with van der Waals surface area (Å²) >= 11 is 1.64. The summed E-state index contributed by atoms with van der Waals surface area (Å²) in [6.07, 6.45) is 1.61. The molecule has 0 fully saturated rings. The van der Waals surface area contributed by atoms with Crippen LogP contribution in [0.15, 0.2) is 66.3 Å². The molecule has 0 saturated carbocycles. The lowest BCUT2D eigenvalue weighted by Gasteiger charge is -2.08. The Bertz CT molecular complexity index is 997. The maximum atomic E-state index is 5.12. The number of benzene rings is 2. The summed E-state index contributed by atoms with van der Waals surface area (Å²) in [5.74, 6) is 0.857. The van der Waals surface area contributed by atoms with Crippen molar-refractivity contribution in [3.05, 3.63) is 66.3 Å². The normalized spacial score (nSPS) is 11.0. The molecule has 2 aromatic carbocycles. The number of nitrogens with zero attached hydrogens (tertiary/aromatic N) is 2. The zero-order valence-electron chi connectivity index (χ0n) is 14.5. The summed E-state index contributed by atoms with van der Waals surface area (Å²) in [5, 5.41) is 6.57. The molecule has 0 aliphatic rings. The molecule has 130 valence electrons. The third kappa shape index (κ3) is 3.31. The number of rotatable bonds is 6. The van der Waals surface area contributed by atoms with Crippen LogP contribution in [-0.4, -0.2) is 30.2 Å². The van der Waals surface area contributed by atoms with E-state index in [-0.39, 0.29) is 0 Å². The van der Waals surface area contributed by atoms with Gasteiger partial charge in [-0.25, -0.2) is 9.97 Å². The molecule has 0 bridgehead atoms. The Kier molecular flexibility index (Phi) is 4.91. The van der Waals surface area contributed by atoms with Crippen molar-refractivity contribution in [1.82, 2.24) is 9.97 Å². The van der Waals surface area contributed by atoms with Gasteiger partial charge in [0, 0.05) is 24.6 Å². The molecule has 0 spiro atoms. The standard InChI is InChI=1S/C21H19N3OS/c1-25-12-11-22-20-19-18(13-26-21(19)24-14-23-20)17-9-7-16(8-10-17)15-5-3-2-4-6-15/h2-10,13-14H,11-12H2,1H3,(H,22,23,24). The van der Waals surface area contributed by atoms with Crippen molar-refractivity contribution in [3.63, 3.8) is 0 Å². The monoisotopic (exact) mass is 361 g/mol. The summed E-state index contributed by atoms with van der Waals surface area (Å²) < 4.78 is 5.12. The van der Waals surface area contributed by atoms with E-state index in [1.807, 2.05) is 6.07 Å². The first-order valence-electron chi connectivity index (χ1n) is 8.47. The topological polar surface area (TPSA) is 47.0 Å². The molecule has 0 aliphatic heterocycles. The van der Waals surface area contributed by atoms with E-state index in [4.69, 9.17) is 4.74 Å². The van der Waals surface area contributed by atoms with Crippen molar-refractivity contribution in [2.45, 2.75) is 0 Å². The molecule has 0 unspecified atom stereocenters. The van der Waals surface area contributed by atoms with Gasteiger partial charge < -0.3 is 10.1 Å². The SMILES string of the molecule is COCCNc1ncnc2scc(-c3ccc(-c4ccccc4)cc3)c12. The van der Waals surface area contributed by atoms with Gasteiger partial charge in [-0.05, 0) is 16.7 Å². The van der Waals surface area contributed by atoms with Crippen LogP contribution in [0, 0.1) is 0 Å². The molecule has 0 amide bonds. The highest BCUT2D eigenvalue weighted by molar-refractivity contribution is 7.17. The van der Waals surface area contributed by atoms with E-state index in [1.165, 1.54) is 16.7 Å². The lowest BCUT2D eigenvalue weighted by atomic mass is 10.0. The predicted molar refractivity (Wildman–Crippen MR) is 109 cm³/mol. The van der Waals surface area contributed by atoms with Crippen LogP contribution < -0.4 is 5.32 Å². The van der Waals surface area contributed by atoms with Crippen LogP contribution in [0.4, 0.5) is 5.82 Å². The van der Waals surface area contributed by atoms with E-state index in [0.29, 0.717) is 13.2 Å². The fraction of sp³-hybridized carbons (Fsp3) is 0.143. The van der Waals surface area contributed by atoms with E-state index in [0.717, 1.165) is 21.6 Å². The number of fused-ring (bicyclic) bond motifs is 1. The van der Waals surface area contributed by atoms with E-state index in [1.54, 1.807) is 24.8 Å². The summed E-state index contributed by atoms with van der Waals surface area (Å²) in [4.78, 5) is 9.84. The minimum atomic E-state index is 0.636. The van der Waals surface area contributed by atoms with E-state index in [9.17, 15) is 0 Å². The Morgan fingerprint density at radius 3 is 2.42 bits per heavy atom. The quantitative estimate of drug-likeness (QED) is 0.486. The second-order valence-electron chi connectivity index (χ2n) is 5.91. The molecule has 26 heavy (non-hydrogen) atoms. The second kappa shape index (κ2) is 7.64. The second-order valence-corrected chi connectivity index (χ2v) is 6.77. The first-order chi connectivity index (χ1) is 12.9. The predicted octanol–water partition coefficient (Wildman–Crippen LogP) is 5.08. The summed E-state index contributed by atoms with van der Waals surface area (Å²) in [6, 6.07) is 19.1. The van der Waals surface area contributed by atoms with Crippen LogP contribution in [-0.2, 0) is 4.74 Å². The van der Waals surface area contributed by atoms with Crippen LogP contribution in [0.2, 0.25) is 0 Å². The number of nitrogens with one attached hydrogen (secondary N) is 1. The smallest absolute Gasteiger partial charge is 0.138 e. The van der Waals surface area contributed by atoms with Crippen LogP contribution in [0.3, 0.4) is 0 Å². The maximum Gasteiger partial charge on any atom is 0.138 e. The van der Waals surface area contributed by atoms with Gasteiger partial charge in [-0.2, -0.15) is 0 Å². The number of ether oxygens (including phenoxy) is 1. The largest absolute Gasteiger partial charge is 0.383 e. The fourth-order valence-electron chi connectivity index (χ4n) is 2.97. The Morgan fingerprint density at radius 2 is 1.65 bits per heavy atom. The van der Waals surface area contributed by atoms with E-state index < -0.39 is 0 Å². The van der Waals surface area contributed by atoms with Crippen LogP contribution in [0.5, 0.6) is 0 Å². The number of methoxy groups -OCH3 is 1. The van der Waals surface area contributed by atoms with Gasteiger partial charge in [-0.15, -0.1) is 11.3 Å². The highest BCUT2D eigenvalue weighted by atomic mass is 32.1. The maximum absolute atomic E-state index is 5.12. The number of hydrogen-bond donors (Lipinski definition) is 1. The fourth-order valence-corrected chi connectivity index (χ4v) is 3.88. The molecule has 0 saturated heterocycles. The van der Waals surface area contributed by atoms with E-state index in [2.05, 4.69) is 69.2 Å². The minimum absolute atomic E-state index is 0.636. The molecule has 4 aromatic rings. The molecule has 4 nitrogen and oxygen atoms in total. The lowest BCUT2D eigenvalue weighted by Crippen LogP contribution is -2.09. The number of thiophene rings is 1. The van der Waals surface area contributed by atoms with Gasteiger partial charge >= 0.3 is 0 Å². The zero-order valence-corrected chi connectivity index (χ0v) is 15.3. The Labute approximate surface area is 156 Å². The Hall–Kier alpha value is -2.76. The molecule has 0 atom stereocenters. The van der Waals surface area contributed by atoms with Gasteiger partial charge in [0.2, 0.25) is 0 Å². The van der Waals surface area contributed by atoms with Crippen molar-refractivity contribution < 1.29 is 4.74 Å². The third-order valence-electron chi connectivity index (χ3n) is 4.27. The highest BCUT2D eigenvalue weighted by Crippen LogP contribution is 2.37. The molecule has 0 radical (unpaired) electrons. The van der Waals surface area contributed by atoms with Crippen LogP contribution in [0.25, 0.3) is 32.5 Å². The van der Waals surface area contributed by atoms with E-state index >= 15 is 0 Å². The van der Waals surface area contributed by atoms with Gasteiger partial charge in [0.1, 0.15) is 17.0 Å². The molecule has 2 aromatic heterocycles.